The summed E-state index contributed by atoms with van der Waals surface area (Å²) in [7, 11) is 4.64. The van der Waals surface area contributed by atoms with Crippen LogP contribution in [0.2, 0.25) is 0 Å². The highest BCUT2D eigenvalue weighted by atomic mass is 32.2. The molecule has 0 aliphatic carbocycles. The van der Waals surface area contributed by atoms with E-state index < -0.39 is 0 Å². The Hall–Kier alpha value is -3.53. The Labute approximate surface area is 216 Å². The number of methoxy groups -OCH3 is 3. The number of carbonyl (C=O) groups excluding carboxylic acids is 1. The van der Waals surface area contributed by atoms with Gasteiger partial charge in [0.2, 0.25) is 0 Å². The van der Waals surface area contributed by atoms with Crippen LogP contribution in [-0.2, 0) is 16.8 Å². The van der Waals surface area contributed by atoms with E-state index in [0.29, 0.717) is 34.5 Å². The molecule has 0 saturated carbocycles. The van der Waals surface area contributed by atoms with Crippen LogP contribution in [0.5, 0.6) is 17.2 Å². The quantitative estimate of drug-likeness (QED) is 0.242. The summed E-state index contributed by atoms with van der Waals surface area (Å²) in [6, 6.07) is 11.8. The molecule has 1 N–H and O–H groups in total. The van der Waals surface area contributed by atoms with E-state index in [-0.39, 0.29) is 17.1 Å². The molecule has 36 heavy (non-hydrogen) atoms. The van der Waals surface area contributed by atoms with Gasteiger partial charge < -0.3 is 18.8 Å². The minimum atomic E-state index is -0.266. The maximum atomic E-state index is 12.4. The van der Waals surface area contributed by atoms with E-state index >= 15 is 0 Å². The molecule has 0 unspecified atom stereocenters. The number of hydrazone groups is 1. The fraction of sp³-hybridized carbons (Fsp3) is 0.385. The number of rotatable bonds is 10. The van der Waals surface area contributed by atoms with Gasteiger partial charge in [0.1, 0.15) is 5.75 Å². The SMILES string of the molecule is CCn1c(SCC(=O)N/N=C\c2cc(OC)c(OC)cc2OC)nnc1-c1ccc(C(C)(C)C)cc1. The van der Waals surface area contributed by atoms with E-state index in [4.69, 9.17) is 14.2 Å². The van der Waals surface area contributed by atoms with Crippen LogP contribution in [0.15, 0.2) is 46.7 Å². The minimum absolute atomic E-state index is 0.0817. The van der Waals surface area contributed by atoms with Crippen molar-refractivity contribution in [2.24, 2.45) is 5.10 Å². The Balaban J connectivity index is 1.65. The van der Waals surface area contributed by atoms with Crippen LogP contribution in [-0.4, -0.2) is 54.0 Å². The van der Waals surface area contributed by atoms with Crippen molar-refractivity contribution in [2.75, 3.05) is 27.1 Å². The first-order valence-corrected chi connectivity index (χ1v) is 12.5. The highest BCUT2D eigenvalue weighted by Crippen LogP contribution is 2.33. The van der Waals surface area contributed by atoms with E-state index in [1.54, 1.807) is 33.5 Å². The molecular weight excluding hydrogens is 478 g/mol. The number of ether oxygens (including phenoxy) is 3. The lowest BCUT2D eigenvalue weighted by molar-refractivity contribution is -0.118. The molecule has 9 nitrogen and oxygen atoms in total. The average molecular weight is 512 g/mol. The molecule has 3 rings (SSSR count). The van der Waals surface area contributed by atoms with Crippen LogP contribution in [0.25, 0.3) is 11.4 Å². The summed E-state index contributed by atoms with van der Waals surface area (Å²) in [5.74, 6) is 2.26. The van der Waals surface area contributed by atoms with Crippen molar-refractivity contribution in [1.82, 2.24) is 20.2 Å². The van der Waals surface area contributed by atoms with Crippen LogP contribution >= 0.6 is 11.8 Å². The smallest absolute Gasteiger partial charge is 0.250 e. The van der Waals surface area contributed by atoms with Gasteiger partial charge in [-0.25, -0.2) is 5.43 Å². The van der Waals surface area contributed by atoms with Gasteiger partial charge >= 0.3 is 0 Å². The predicted molar refractivity (Wildman–Crippen MR) is 142 cm³/mol. The van der Waals surface area contributed by atoms with Gasteiger partial charge in [0.15, 0.2) is 22.5 Å². The molecule has 1 heterocycles. The number of carbonyl (C=O) groups is 1. The fourth-order valence-electron chi connectivity index (χ4n) is 3.50. The first-order valence-electron chi connectivity index (χ1n) is 11.5. The molecule has 0 aliphatic rings. The number of nitrogens with zero attached hydrogens (tertiary/aromatic N) is 4. The summed E-state index contributed by atoms with van der Waals surface area (Å²) >= 11 is 1.31. The summed E-state index contributed by atoms with van der Waals surface area (Å²) in [4.78, 5) is 12.4. The van der Waals surface area contributed by atoms with Crippen molar-refractivity contribution in [1.29, 1.82) is 0 Å². The Bertz CT molecular complexity index is 1220. The number of nitrogens with one attached hydrogen (secondary N) is 1. The lowest BCUT2D eigenvalue weighted by Gasteiger charge is -2.19. The van der Waals surface area contributed by atoms with E-state index in [2.05, 4.69) is 65.8 Å². The zero-order valence-corrected chi connectivity index (χ0v) is 22.6. The van der Waals surface area contributed by atoms with Crippen molar-refractivity contribution >= 4 is 23.9 Å². The molecule has 2 aromatic carbocycles. The van der Waals surface area contributed by atoms with Gasteiger partial charge in [-0.05, 0) is 24.0 Å². The second-order valence-electron chi connectivity index (χ2n) is 8.91. The van der Waals surface area contributed by atoms with Crippen molar-refractivity contribution < 1.29 is 19.0 Å². The standard InChI is InChI=1S/C26H33N5O4S/c1-8-31-24(17-9-11-19(12-10-17)26(2,3)4)29-30-25(31)36-16-23(32)28-27-15-18-13-21(34-6)22(35-7)14-20(18)33-5/h9-15H,8,16H2,1-7H3,(H,28,32)/b27-15-. The lowest BCUT2D eigenvalue weighted by atomic mass is 9.87. The Morgan fingerprint density at radius 2 is 1.67 bits per heavy atom. The monoisotopic (exact) mass is 511 g/mol. The largest absolute Gasteiger partial charge is 0.496 e. The summed E-state index contributed by atoms with van der Waals surface area (Å²) in [6.07, 6.45) is 1.50. The highest BCUT2D eigenvalue weighted by Gasteiger charge is 2.17. The van der Waals surface area contributed by atoms with Gasteiger partial charge in [-0.3, -0.25) is 4.79 Å². The lowest BCUT2D eigenvalue weighted by Crippen LogP contribution is -2.20. The van der Waals surface area contributed by atoms with Crippen molar-refractivity contribution in [2.45, 2.75) is 44.8 Å². The molecule has 0 spiro atoms. The van der Waals surface area contributed by atoms with E-state index in [9.17, 15) is 4.79 Å². The van der Waals surface area contributed by atoms with E-state index in [1.165, 1.54) is 23.5 Å². The Kier molecular flexibility index (Phi) is 8.98. The molecule has 1 amide bonds. The molecule has 0 bridgehead atoms. The molecule has 192 valence electrons. The van der Waals surface area contributed by atoms with E-state index in [1.807, 2.05) is 11.5 Å². The summed E-state index contributed by atoms with van der Waals surface area (Å²) in [6.45, 7) is 9.27. The second-order valence-corrected chi connectivity index (χ2v) is 9.85. The Morgan fingerprint density at radius 1 is 1.03 bits per heavy atom. The first kappa shape index (κ1) is 27.1. The second kappa shape index (κ2) is 11.9. The number of aromatic nitrogens is 3. The van der Waals surface area contributed by atoms with Crippen LogP contribution in [0.3, 0.4) is 0 Å². The summed E-state index contributed by atoms with van der Waals surface area (Å²) in [5, 5.41) is 13.4. The topological polar surface area (TPSA) is 99.9 Å². The third-order valence-electron chi connectivity index (χ3n) is 5.50. The van der Waals surface area contributed by atoms with Gasteiger partial charge in [0.05, 0.1) is 33.3 Å². The Morgan fingerprint density at radius 3 is 2.25 bits per heavy atom. The normalized spacial score (nSPS) is 11.5. The number of thioether (sulfide) groups is 1. The summed E-state index contributed by atoms with van der Waals surface area (Å²) in [5.41, 5.74) is 5.50. The van der Waals surface area contributed by atoms with Crippen molar-refractivity contribution in [3.63, 3.8) is 0 Å². The fourth-order valence-corrected chi connectivity index (χ4v) is 4.30. The molecule has 0 aliphatic heterocycles. The van der Waals surface area contributed by atoms with E-state index in [0.717, 1.165) is 11.4 Å². The van der Waals surface area contributed by atoms with Gasteiger partial charge in [-0.1, -0.05) is 56.8 Å². The highest BCUT2D eigenvalue weighted by molar-refractivity contribution is 7.99. The predicted octanol–water partition coefficient (Wildman–Crippen LogP) is 4.53. The maximum Gasteiger partial charge on any atom is 0.250 e. The first-order chi connectivity index (χ1) is 17.2. The van der Waals surface area contributed by atoms with Crippen LogP contribution in [0.1, 0.15) is 38.8 Å². The van der Waals surface area contributed by atoms with Gasteiger partial charge in [-0.15, -0.1) is 10.2 Å². The molecule has 1 aromatic heterocycles. The third kappa shape index (κ3) is 6.37. The molecule has 0 atom stereocenters. The molecule has 0 saturated heterocycles. The molecule has 0 fully saturated rings. The minimum Gasteiger partial charge on any atom is -0.496 e. The van der Waals surface area contributed by atoms with Crippen LogP contribution in [0.4, 0.5) is 0 Å². The van der Waals surface area contributed by atoms with Gasteiger partial charge in [0, 0.05) is 23.7 Å². The van der Waals surface area contributed by atoms with Gasteiger partial charge in [-0.2, -0.15) is 5.10 Å². The van der Waals surface area contributed by atoms with Crippen molar-refractivity contribution in [3.05, 3.63) is 47.5 Å². The van der Waals surface area contributed by atoms with Crippen molar-refractivity contribution in [3.8, 4) is 28.6 Å². The average Bonchev–Trinajstić information content (AvgIpc) is 3.29. The zero-order chi connectivity index (χ0) is 26.3. The van der Waals surface area contributed by atoms with Crippen LogP contribution < -0.4 is 19.6 Å². The summed E-state index contributed by atoms with van der Waals surface area (Å²) < 4.78 is 18.0. The molecular formula is C26H33N5O4S. The number of amides is 1. The zero-order valence-electron chi connectivity index (χ0n) is 21.8. The molecule has 3 aromatic rings. The molecule has 0 radical (unpaired) electrons. The third-order valence-corrected chi connectivity index (χ3v) is 6.47. The number of hydrogen-bond acceptors (Lipinski definition) is 8. The number of hydrogen-bond donors (Lipinski definition) is 1. The molecule has 10 heteroatoms. The van der Waals surface area contributed by atoms with Crippen LogP contribution in [0, 0.1) is 0 Å². The maximum absolute atomic E-state index is 12.4. The number of benzene rings is 2. The van der Waals surface area contributed by atoms with Gasteiger partial charge in [0.25, 0.3) is 5.91 Å².